The molecule has 0 unspecified atom stereocenters. The molecule has 1 N–H and O–H groups in total. The van der Waals surface area contributed by atoms with Crippen molar-refractivity contribution < 1.29 is 0 Å². The molecule has 0 amide bonds. The fraction of sp³-hybridized carbons (Fsp3) is 0.722. The second-order valence-electron chi connectivity index (χ2n) is 6.71. The molecule has 1 aromatic rings. The first kappa shape index (κ1) is 14.8. The summed E-state index contributed by atoms with van der Waals surface area (Å²) in [4.78, 5) is 7.46. The van der Waals surface area contributed by atoms with Crippen molar-refractivity contribution in [1.82, 2.24) is 10.3 Å². The first-order valence-corrected chi connectivity index (χ1v) is 8.72. The highest BCUT2D eigenvalue weighted by Crippen LogP contribution is 2.37. The van der Waals surface area contributed by atoms with Crippen molar-refractivity contribution in [2.24, 2.45) is 5.92 Å². The highest BCUT2D eigenvalue weighted by Gasteiger charge is 2.34. The van der Waals surface area contributed by atoms with Crippen molar-refractivity contribution >= 4 is 5.82 Å². The molecule has 0 radical (unpaired) electrons. The number of anilines is 1. The monoisotopic (exact) mass is 287 g/mol. The van der Waals surface area contributed by atoms with Crippen LogP contribution in [0.25, 0.3) is 0 Å². The van der Waals surface area contributed by atoms with E-state index >= 15 is 0 Å². The lowest BCUT2D eigenvalue weighted by Gasteiger charge is -2.45. The summed E-state index contributed by atoms with van der Waals surface area (Å²) in [7, 11) is 0. The Morgan fingerprint density at radius 2 is 2.05 bits per heavy atom. The number of fused-ring (bicyclic) bond motifs is 1. The van der Waals surface area contributed by atoms with E-state index in [1.807, 2.05) is 0 Å². The second-order valence-corrected chi connectivity index (χ2v) is 6.71. The number of aromatic nitrogens is 1. The van der Waals surface area contributed by atoms with E-state index in [1.54, 1.807) is 0 Å². The SMILES string of the molecule is CCNCc1cnc(N2CCC[C@H]3CCCC[C@H]32)c(C)c1. The smallest absolute Gasteiger partial charge is 0.131 e. The molecular weight excluding hydrogens is 258 g/mol. The number of hydrogen-bond donors (Lipinski definition) is 1. The van der Waals surface area contributed by atoms with Gasteiger partial charge in [0, 0.05) is 25.3 Å². The number of rotatable bonds is 4. The van der Waals surface area contributed by atoms with E-state index in [4.69, 9.17) is 4.98 Å². The highest BCUT2D eigenvalue weighted by molar-refractivity contribution is 5.49. The number of piperidine rings is 1. The average molecular weight is 287 g/mol. The molecule has 2 atom stereocenters. The van der Waals surface area contributed by atoms with E-state index in [1.165, 1.54) is 62.0 Å². The Hall–Kier alpha value is -1.09. The lowest BCUT2D eigenvalue weighted by atomic mass is 9.78. The normalized spacial score (nSPS) is 25.7. The van der Waals surface area contributed by atoms with Gasteiger partial charge in [0.15, 0.2) is 0 Å². The van der Waals surface area contributed by atoms with E-state index in [2.05, 4.69) is 36.3 Å². The van der Waals surface area contributed by atoms with E-state index < -0.39 is 0 Å². The Morgan fingerprint density at radius 1 is 1.24 bits per heavy atom. The summed E-state index contributed by atoms with van der Waals surface area (Å²) in [5.74, 6) is 2.15. The molecular formula is C18H29N3. The number of aryl methyl sites for hydroxylation is 1. The topological polar surface area (TPSA) is 28.2 Å². The van der Waals surface area contributed by atoms with Gasteiger partial charge in [0.2, 0.25) is 0 Å². The third-order valence-electron chi connectivity index (χ3n) is 5.20. The zero-order chi connectivity index (χ0) is 14.7. The van der Waals surface area contributed by atoms with E-state index in [0.29, 0.717) is 0 Å². The van der Waals surface area contributed by atoms with Crippen LogP contribution in [0.2, 0.25) is 0 Å². The predicted molar refractivity (Wildman–Crippen MR) is 88.7 cm³/mol. The van der Waals surface area contributed by atoms with Crippen LogP contribution in [0.5, 0.6) is 0 Å². The van der Waals surface area contributed by atoms with Crippen LogP contribution in [0.15, 0.2) is 12.3 Å². The van der Waals surface area contributed by atoms with Crippen LogP contribution < -0.4 is 10.2 Å². The summed E-state index contributed by atoms with van der Waals surface area (Å²) in [6.07, 6.45) is 10.5. The molecule has 0 spiro atoms. The maximum absolute atomic E-state index is 4.83. The molecule has 1 aromatic heterocycles. The van der Waals surface area contributed by atoms with Gasteiger partial charge in [-0.1, -0.05) is 19.8 Å². The molecule has 116 valence electrons. The van der Waals surface area contributed by atoms with Crippen molar-refractivity contribution in [2.75, 3.05) is 18.0 Å². The number of pyridine rings is 1. The Kier molecular flexibility index (Phi) is 4.79. The minimum atomic E-state index is 0.748. The molecule has 2 heterocycles. The van der Waals surface area contributed by atoms with Gasteiger partial charge in [0.05, 0.1) is 0 Å². The Morgan fingerprint density at radius 3 is 2.86 bits per heavy atom. The summed E-state index contributed by atoms with van der Waals surface area (Å²) >= 11 is 0. The van der Waals surface area contributed by atoms with Crippen LogP contribution in [-0.4, -0.2) is 24.1 Å². The fourth-order valence-corrected chi connectivity index (χ4v) is 4.18. The van der Waals surface area contributed by atoms with Gasteiger partial charge < -0.3 is 10.2 Å². The molecule has 0 bridgehead atoms. The van der Waals surface area contributed by atoms with Crippen LogP contribution in [0.4, 0.5) is 5.82 Å². The van der Waals surface area contributed by atoms with Gasteiger partial charge in [-0.15, -0.1) is 0 Å². The Balaban J connectivity index is 1.78. The molecule has 2 aliphatic rings. The molecule has 3 rings (SSSR count). The zero-order valence-electron chi connectivity index (χ0n) is 13.6. The summed E-state index contributed by atoms with van der Waals surface area (Å²) in [6.45, 7) is 7.50. The van der Waals surface area contributed by atoms with Gasteiger partial charge in [-0.05, 0) is 62.3 Å². The Bertz CT molecular complexity index is 470. The molecule has 3 heteroatoms. The zero-order valence-corrected chi connectivity index (χ0v) is 13.6. The van der Waals surface area contributed by atoms with Crippen LogP contribution >= 0.6 is 0 Å². The van der Waals surface area contributed by atoms with Crippen molar-refractivity contribution in [2.45, 2.75) is 65.0 Å². The predicted octanol–water partition coefficient (Wildman–Crippen LogP) is 3.66. The summed E-state index contributed by atoms with van der Waals surface area (Å²) < 4.78 is 0. The first-order chi connectivity index (χ1) is 10.3. The second kappa shape index (κ2) is 6.78. The van der Waals surface area contributed by atoms with E-state index in [-0.39, 0.29) is 0 Å². The molecule has 1 saturated heterocycles. The minimum Gasteiger partial charge on any atom is -0.353 e. The number of nitrogens with one attached hydrogen (secondary N) is 1. The van der Waals surface area contributed by atoms with Crippen LogP contribution in [0.1, 0.15) is 56.6 Å². The summed E-state index contributed by atoms with van der Waals surface area (Å²) in [5.41, 5.74) is 2.65. The van der Waals surface area contributed by atoms with Crippen LogP contribution in [0, 0.1) is 12.8 Å². The number of nitrogens with zero attached hydrogens (tertiary/aromatic N) is 2. The maximum Gasteiger partial charge on any atom is 0.131 e. The average Bonchev–Trinajstić information content (AvgIpc) is 2.53. The molecule has 1 aliphatic carbocycles. The molecule has 0 aromatic carbocycles. The molecule has 3 nitrogen and oxygen atoms in total. The van der Waals surface area contributed by atoms with Gasteiger partial charge in [-0.3, -0.25) is 0 Å². The van der Waals surface area contributed by atoms with Crippen molar-refractivity contribution in [3.63, 3.8) is 0 Å². The molecule has 1 aliphatic heterocycles. The maximum atomic E-state index is 4.83. The summed E-state index contributed by atoms with van der Waals surface area (Å²) in [5, 5.41) is 3.38. The lowest BCUT2D eigenvalue weighted by Crippen LogP contribution is -2.47. The summed E-state index contributed by atoms with van der Waals surface area (Å²) in [6, 6.07) is 3.07. The van der Waals surface area contributed by atoms with Gasteiger partial charge in [0.1, 0.15) is 5.82 Å². The molecule has 1 saturated carbocycles. The van der Waals surface area contributed by atoms with Gasteiger partial charge in [-0.25, -0.2) is 4.98 Å². The first-order valence-electron chi connectivity index (χ1n) is 8.72. The van der Waals surface area contributed by atoms with Gasteiger partial charge >= 0.3 is 0 Å². The minimum absolute atomic E-state index is 0.748. The van der Waals surface area contributed by atoms with Gasteiger partial charge in [0.25, 0.3) is 0 Å². The van der Waals surface area contributed by atoms with E-state index in [0.717, 1.165) is 25.0 Å². The highest BCUT2D eigenvalue weighted by atomic mass is 15.2. The number of hydrogen-bond acceptors (Lipinski definition) is 3. The Labute approximate surface area is 129 Å². The third kappa shape index (κ3) is 3.23. The standard InChI is InChI=1S/C18H29N3/c1-3-19-12-15-11-14(2)18(20-13-15)21-10-6-8-16-7-4-5-9-17(16)21/h11,13,16-17,19H,3-10,12H2,1-2H3/t16-,17-/m1/s1. The molecule has 2 fully saturated rings. The fourth-order valence-electron chi connectivity index (χ4n) is 4.18. The largest absolute Gasteiger partial charge is 0.353 e. The van der Waals surface area contributed by atoms with E-state index in [9.17, 15) is 0 Å². The van der Waals surface area contributed by atoms with Gasteiger partial charge in [-0.2, -0.15) is 0 Å². The van der Waals surface area contributed by atoms with Crippen LogP contribution in [0.3, 0.4) is 0 Å². The lowest BCUT2D eigenvalue weighted by molar-refractivity contribution is 0.242. The quantitative estimate of drug-likeness (QED) is 0.916. The van der Waals surface area contributed by atoms with Crippen molar-refractivity contribution in [1.29, 1.82) is 0 Å². The van der Waals surface area contributed by atoms with Crippen molar-refractivity contribution in [3.05, 3.63) is 23.4 Å². The molecule has 21 heavy (non-hydrogen) atoms. The van der Waals surface area contributed by atoms with Crippen LogP contribution in [-0.2, 0) is 6.54 Å². The van der Waals surface area contributed by atoms with Crippen molar-refractivity contribution in [3.8, 4) is 0 Å². The third-order valence-corrected chi connectivity index (χ3v) is 5.20.